The lowest BCUT2D eigenvalue weighted by molar-refractivity contribution is 0.407. The van der Waals surface area contributed by atoms with Crippen molar-refractivity contribution in [1.82, 2.24) is 0 Å². The van der Waals surface area contributed by atoms with Gasteiger partial charge in [0, 0.05) is 27.8 Å². The number of fused-ring (bicyclic) bond motifs is 4. The SMILES string of the molecule is N#CC(C#N)=C1c2cc(C#N)ccc2-c2ccc(C3=C(C#N)c4c(F)c(F)c(F)c(F)c4C3=C(C#N)C#N)cc21. The number of hydrogen-bond donors (Lipinski definition) is 0. The zero-order chi connectivity index (χ0) is 28.9. The zero-order valence-corrected chi connectivity index (χ0v) is 19.7. The molecule has 5 rings (SSSR count). The zero-order valence-electron chi connectivity index (χ0n) is 19.7. The fraction of sp³-hybridized carbons (Fsp3) is 0. The quantitative estimate of drug-likeness (QED) is 0.125. The molecule has 0 amide bonds. The van der Waals surface area contributed by atoms with Crippen LogP contribution in [0, 0.1) is 91.3 Å². The van der Waals surface area contributed by atoms with E-state index >= 15 is 4.39 Å². The molecule has 0 bridgehead atoms. The summed E-state index contributed by atoms with van der Waals surface area (Å²) in [7, 11) is 0. The Morgan fingerprint density at radius 2 is 1.05 bits per heavy atom. The second-order valence-corrected chi connectivity index (χ2v) is 8.45. The van der Waals surface area contributed by atoms with Crippen LogP contribution in [-0.2, 0) is 0 Å². The number of nitriles is 6. The van der Waals surface area contributed by atoms with Gasteiger partial charge >= 0.3 is 0 Å². The molecule has 0 aromatic heterocycles. The van der Waals surface area contributed by atoms with Gasteiger partial charge in [0.15, 0.2) is 23.3 Å². The minimum absolute atomic E-state index is 0.00478. The third-order valence-corrected chi connectivity index (χ3v) is 6.61. The summed E-state index contributed by atoms with van der Waals surface area (Å²) in [6, 6.07) is 19.2. The number of nitrogens with zero attached hydrogens (tertiary/aromatic N) is 6. The van der Waals surface area contributed by atoms with Gasteiger partial charge in [-0.05, 0) is 46.0 Å². The van der Waals surface area contributed by atoms with Crippen LogP contribution in [0.15, 0.2) is 47.5 Å². The molecule has 3 aromatic carbocycles. The Morgan fingerprint density at radius 3 is 1.60 bits per heavy atom. The average molecular weight is 526 g/mol. The first-order chi connectivity index (χ1) is 19.3. The molecule has 40 heavy (non-hydrogen) atoms. The lowest BCUT2D eigenvalue weighted by Crippen LogP contribution is -2.04. The number of halogens is 4. The first-order valence-corrected chi connectivity index (χ1v) is 11.1. The van der Waals surface area contributed by atoms with E-state index < -0.39 is 51.1 Å². The Bertz CT molecular complexity index is 2080. The van der Waals surface area contributed by atoms with Crippen molar-refractivity contribution in [2.24, 2.45) is 0 Å². The van der Waals surface area contributed by atoms with Crippen molar-refractivity contribution in [3.63, 3.8) is 0 Å². The molecular weight excluding hydrogens is 520 g/mol. The predicted molar refractivity (Wildman–Crippen MR) is 131 cm³/mol. The predicted octanol–water partition coefficient (Wildman–Crippen LogP) is 6.19. The van der Waals surface area contributed by atoms with Crippen LogP contribution >= 0.6 is 0 Å². The third-order valence-electron chi connectivity index (χ3n) is 6.61. The van der Waals surface area contributed by atoms with E-state index in [0.717, 1.165) is 0 Å². The first kappa shape index (κ1) is 25.2. The molecule has 10 heteroatoms. The molecule has 0 N–H and O–H groups in total. The second kappa shape index (κ2) is 9.13. The van der Waals surface area contributed by atoms with Crippen LogP contribution in [0.2, 0.25) is 0 Å². The molecule has 0 unspecified atom stereocenters. The van der Waals surface area contributed by atoms with Crippen LogP contribution in [0.5, 0.6) is 0 Å². The molecule has 0 radical (unpaired) electrons. The molecule has 0 saturated carbocycles. The minimum Gasteiger partial charge on any atom is -0.203 e. The largest absolute Gasteiger partial charge is 0.203 e. The van der Waals surface area contributed by atoms with E-state index in [1.54, 1.807) is 24.3 Å². The van der Waals surface area contributed by atoms with Gasteiger partial charge in [-0.2, -0.15) is 31.6 Å². The molecule has 0 spiro atoms. The molecule has 184 valence electrons. The van der Waals surface area contributed by atoms with Gasteiger partial charge in [0.05, 0.1) is 17.2 Å². The van der Waals surface area contributed by atoms with Crippen LogP contribution in [-0.4, -0.2) is 0 Å². The molecule has 6 nitrogen and oxygen atoms in total. The summed E-state index contributed by atoms with van der Waals surface area (Å²) >= 11 is 0. The van der Waals surface area contributed by atoms with Crippen molar-refractivity contribution >= 4 is 22.3 Å². The van der Waals surface area contributed by atoms with Crippen LogP contribution in [0.1, 0.15) is 33.4 Å². The lowest BCUT2D eigenvalue weighted by atomic mass is 9.89. The first-order valence-electron chi connectivity index (χ1n) is 11.1. The fourth-order valence-corrected chi connectivity index (χ4v) is 5.01. The van der Waals surface area contributed by atoms with Gasteiger partial charge < -0.3 is 0 Å². The Hall–Kier alpha value is -6.46. The highest BCUT2D eigenvalue weighted by molar-refractivity contribution is 6.26. The number of hydrogen-bond acceptors (Lipinski definition) is 6. The van der Waals surface area contributed by atoms with Crippen molar-refractivity contribution in [3.05, 3.63) is 104 Å². The summed E-state index contributed by atoms with van der Waals surface area (Å²) in [6.07, 6.45) is 0. The number of rotatable bonds is 1. The van der Waals surface area contributed by atoms with Crippen molar-refractivity contribution in [3.8, 4) is 47.5 Å². The molecule has 0 heterocycles. The number of benzene rings is 3. The van der Waals surface area contributed by atoms with Gasteiger partial charge in [0.1, 0.15) is 41.5 Å². The standard InChI is InChI=1S/C30H6F4N6/c31-27-25-21(12-40)23(24(16(10-38)11-39)26(25)28(32)30(34)29(27)33)14-2-4-18-17-3-1-13(7-35)5-19(17)22(20(18)6-14)15(8-36)9-37/h1-6H. The van der Waals surface area contributed by atoms with Crippen LogP contribution in [0.4, 0.5) is 17.6 Å². The molecule has 0 saturated heterocycles. The normalized spacial score (nSPS) is 12.2. The van der Waals surface area contributed by atoms with Gasteiger partial charge in [-0.3, -0.25) is 0 Å². The average Bonchev–Trinajstić information content (AvgIpc) is 3.49. The Balaban J connectivity index is 1.91. The molecule has 3 aromatic rings. The smallest absolute Gasteiger partial charge is 0.198 e. The fourth-order valence-electron chi connectivity index (χ4n) is 5.01. The monoisotopic (exact) mass is 526 g/mol. The molecule has 0 fully saturated rings. The third kappa shape index (κ3) is 3.22. The van der Waals surface area contributed by atoms with E-state index in [1.165, 1.54) is 42.5 Å². The maximum atomic E-state index is 15.1. The topological polar surface area (TPSA) is 143 Å². The summed E-state index contributed by atoms with van der Waals surface area (Å²) in [5, 5.41) is 57.8. The summed E-state index contributed by atoms with van der Waals surface area (Å²) in [5.41, 5.74) is -2.48. The minimum atomic E-state index is -2.18. The van der Waals surface area contributed by atoms with Crippen LogP contribution < -0.4 is 0 Å². The molecule has 2 aliphatic rings. The van der Waals surface area contributed by atoms with E-state index in [4.69, 9.17) is 0 Å². The Kier molecular flexibility index (Phi) is 5.75. The van der Waals surface area contributed by atoms with Crippen molar-refractivity contribution in [2.75, 3.05) is 0 Å². The van der Waals surface area contributed by atoms with E-state index in [1.807, 2.05) is 6.07 Å². The van der Waals surface area contributed by atoms with Gasteiger partial charge in [-0.15, -0.1) is 0 Å². The molecule has 0 atom stereocenters. The van der Waals surface area contributed by atoms with Crippen molar-refractivity contribution in [2.45, 2.75) is 0 Å². The van der Waals surface area contributed by atoms with Gasteiger partial charge in [0.25, 0.3) is 0 Å². The molecule has 0 aliphatic heterocycles. The highest BCUT2D eigenvalue weighted by Crippen LogP contribution is 2.53. The highest BCUT2D eigenvalue weighted by atomic mass is 19.2. The maximum absolute atomic E-state index is 15.1. The van der Waals surface area contributed by atoms with Crippen molar-refractivity contribution in [1.29, 1.82) is 31.6 Å². The van der Waals surface area contributed by atoms with E-state index in [2.05, 4.69) is 0 Å². The van der Waals surface area contributed by atoms with Gasteiger partial charge in [0.2, 0.25) is 0 Å². The summed E-state index contributed by atoms with van der Waals surface area (Å²) in [5.74, 6) is -8.11. The maximum Gasteiger partial charge on any atom is 0.198 e. The highest BCUT2D eigenvalue weighted by Gasteiger charge is 2.40. The summed E-state index contributed by atoms with van der Waals surface area (Å²) < 4.78 is 58.6. The number of allylic oxidation sites excluding steroid dienone is 5. The van der Waals surface area contributed by atoms with E-state index in [9.17, 15) is 44.7 Å². The Labute approximate surface area is 223 Å². The van der Waals surface area contributed by atoms with Crippen LogP contribution in [0.25, 0.3) is 33.4 Å². The molecule has 2 aliphatic carbocycles. The van der Waals surface area contributed by atoms with Gasteiger partial charge in [-0.1, -0.05) is 18.2 Å². The van der Waals surface area contributed by atoms with Crippen molar-refractivity contribution < 1.29 is 17.6 Å². The van der Waals surface area contributed by atoms with E-state index in [-0.39, 0.29) is 33.4 Å². The lowest BCUT2D eigenvalue weighted by Gasteiger charge is -2.12. The summed E-state index contributed by atoms with van der Waals surface area (Å²) in [6.45, 7) is 0. The van der Waals surface area contributed by atoms with Gasteiger partial charge in [-0.25, -0.2) is 17.6 Å². The van der Waals surface area contributed by atoms with Crippen LogP contribution in [0.3, 0.4) is 0 Å². The summed E-state index contributed by atoms with van der Waals surface area (Å²) in [4.78, 5) is 0. The van der Waals surface area contributed by atoms with E-state index in [0.29, 0.717) is 16.7 Å². The Morgan fingerprint density at radius 1 is 0.525 bits per heavy atom. The second-order valence-electron chi connectivity index (χ2n) is 8.45. The molecular formula is C30H6F4N6.